The first-order valence-electron chi connectivity index (χ1n) is 6.20. The van der Waals surface area contributed by atoms with Crippen LogP contribution in [0.2, 0.25) is 0 Å². The fraction of sp³-hybridized carbons (Fsp3) is 1.00. The third kappa shape index (κ3) is 2.29. The van der Waals surface area contributed by atoms with E-state index in [1.54, 1.807) is 0 Å². The Morgan fingerprint density at radius 3 is 2.29 bits per heavy atom. The normalized spacial score (nSPS) is 27.9. The Bertz CT molecular complexity index is 173. The molecule has 2 aliphatic rings. The Kier molecular flexibility index (Phi) is 3.45. The Morgan fingerprint density at radius 2 is 1.79 bits per heavy atom. The Hall–Kier alpha value is -0.0800. The predicted molar refractivity (Wildman–Crippen MR) is 58.1 cm³/mol. The van der Waals surface area contributed by atoms with Crippen molar-refractivity contribution in [3.8, 4) is 0 Å². The van der Waals surface area contributed by atoms with Gasteiger partial charge in [0, 0.05) is 12.6 Å². The zero-order valence-electron chi connectivity index (χ0n) is 9.24. The molecule has 0 saturated heterocycles. The topological polar surface area (TPSA) is 35.2 Å². The highest BCUT2D eigenvalue weighted by atomic mass is 16.5. The van der Waals surface area contributed by atoms with Crippen molar-refractivity contribution in [2.45, 2.75) is 57.6 Å². The summed E-state index contributed by atoms with van der Waals surface area (Å²) in [5.74, 6) is 1.53. The predicted octanol–water partition coefficient (Wildman–Crippen LogP) is 2.32. The van der Waals surface area contributed by atoms with Crippen molar-refractivity contribution in [2.24, 2.45) is 17.6 Å². The highest BCUT2D eigenvalue weighted by Gasteiger charge is 2.39. The highest BCUT2D eigenvalue weighted by Crippen LogP contribution is 2.39. The summed E-state index contributed by atoms with van der Waals surface area (Å²) in [4.78, 5) is 0. The average Bonchev–Trinajstić information content (AvgIpc) is 2.88. The average molecular weight is 197 g/mol. The summed E-state index contributed by atoms with van der Waals surface area (Å²) in [6.45, 7) is 2.90. The third-order valence-electron chi connectivity index (χ3n) is 3.77. The van der Waals surface area contributed by atoms with Crippen LogP contribution in [0.3, 0.4) is 0 Å². The van der Waals surface area contributed by atoms with Gasteiger partial charge in [0.1, 0.15) is 0 Å². The molecule has 2 aliphatic carbocycles. The first-order valence-corrected chi connectivity index (χ1v) is 6.20. The largest absolute Gasteiger partial charge is 0.377 e. The zero-order valence-corrected chi connectivity index (χ0v) is 9.24. The monoisotopic (exact) mass is 197 g/mol. The molecule has 2 rings (SSSR count). The van der Waals surface area contributed by atoms with Gasteiger partial charge in [0.05, 0.1) is 6.10 Å². The number of hydrogen-bond donors (Lipinski definition) is 1. The smallest absolute Gasteiger partial charge is 0.0756 e. The molecule has 2 heteroatoms. The molecule has 0 spiro atoms. The Balaban J connectivity index is 1.87. The molecule has 0 aromatic rings. The second-order valence-electron chi connectivity index (χ2n) is 4.88. The standard InChI is InChI=1S/C12H23NO/c1-2-14-12(10-7-8-10)11(13)9-5-3-4-6-9/h9-12H,2-8,13H2,1H3. The maximum atomic E-state index is 6.33. The summed E-state index contributed by atoms with van der Waals surface area (Å²) < 4.78 is 5.82. The van der Waals surface area contributed by atoms with Crippen LogP contribution < -0.4 is 5.73 Å². The quantitative estimate of drug-likeness (QED) is 0.734. The first-order chi connectivity index (χ1) is 6.83. The molecule has 2 atom stereocenters. The molecule has 0 amide bonds. The molecule has 0 radical (unpaired) electrons. The summed E-state index contributed by atoms with van der Waals surface area (Å²) in [7, 11) is 0. The fourth-order valence-electron chi connectivity index (χ4n) is 2.79. The van der Waals surface area contributed by atoms with Crippen molar-refractivity contribution in [1.29, 1.82) is 0 Å². The van der Waals surface area contributed by atoms with E-state index in [0.29, 0.717) is 12.1 Å². The van der Waals surface area contributed by atoms with E-state index in [4.69, 9.17) is 10.5 Å². The first kappa shape index (κ1) is 10.4. The lowest BCUT2D eigenvalue weighted by Gasteiger charge is -2.28. The van der Waals surface area contributed by atoms with Crippen LogP contribution >= 0.6 is 0 Å². The van der Waals surface area contributed by atoms with E-state index in [2.05, 4.69) is 6.92 Å². The van der Waals surface area contributed by atoms with E-state index < -0.39 is 0 Å². The molecule has 0 aromatic carbocycles. The van der Waals surface area contributed by atoms with Crippen LogP contribution in [0.15, 0.2) is 0 Å². The second-order valence-corrected chi connectivity index (χ2v) is 4.88. The minimum atomic E-state index is 0.310. The molecule has 2 unspecified atom stereocenters. The molecule has 14 heavy (non-hydrogen) atoms. The summed E-state index contributed by atoms with van der Waals surface area (Å²) in [6.07, 6.45) is 8.46. The molecule has 2 N–H and O–H groups in total. The molecule has 2 nitrogen and oxygen atoms in total. The van der Waals surface area contributed by atoms with Gasteiger partial charge in [0.15, 0.2) is 0 Å². The van der Waals surface area contributed by atoms with Crippen LogP contribution in [-0.2, 0) is 4.74 Å². The van der Waals surface area contributed by atoms with Crippen molar-refractivity contribution >= 4 is 0 Å². The molecular formula is C12H23NO. The molecule has 2 saturated carbocycles. The van der Waals surface area contributed by atoms with Crippen LogP contribution in [0, 0.1) is 11.8 Å². The van der Waals surface area contributed by atoms with Crippen molar-refractivity contribution in [3.05, 3.63) is 0 Å². The van der Waals surface area contributed by atoms with Crippen LogP contribution in [0.4, 0.5) is 0 Å². The van der Waals surface area contributed by atoms with Crippen LogP contribution in [0.1, 0.15) is 45.4 Å². The van der Waals surface area contributed by atoms with Gasteiger partial charge in [-0.15, -0.1) is 0 Å². The second kappa shape index (κ2) is 4.63. The highest BCUT2D eigenvalue weighted by molar-refractivity contribution is 4.93. The lowest BCUT2D eigenvalue weighted by atomic mass is 9.92. The van der Waals surface area contributed by atoms with Gasteiger partial charge in [-0.3, -0.25) is 0 Å². The van der Waals surface area contributed by atoms with Crippen molar-refractivity contribution in [1.82, 2.24) is 0 Å². The van der Waals surface area contributed by atoms with Gasteiger partial charge >= 0.3 is 0 Å². The van der Waals surface area contributed by atoms with Crippen molar-refractivity contribution in [3.63, 3.8) is 0 Å². The summed E-state index contributed by atoms with van der Waals surface area (Å²) in [6, 6.07) is 0.310. The van der Waals surface area contributed by atoms with Crippen LogP contribution in [0.25, 0.3) is 0 Å². The van der Waals surface area contributed by atoms with E-state index in [1.165, 1.54) is 38.5 Å². The number of ether oxygens (including phenoxy) is 1. The molecule has 2 fully saturated rings. The molecule has 0 bridgehead atoms. The van der Waals surface area contributed by atoms with Gasteiger partial charge in [-0.1, -0.05) is 12.8 Å². The van der Waals surface area contributed by atoms with E-state index in [9.17, 15) is 0 Å². The van der Waals surface area contributed by atoms with Gasteiger partial charge in [0.25, 0.3) is 0 Å². The summed E-state index contributed by atoms with van der Waals surface area (Å²) in [5.41, 5.74) is 6.33. The van der Waals surface area contributed by atoms with Gasteiger partial charge in [-0.2, -0.15) is 0 Å². The van der Waals surface area contributed by atoms with Crippen LogP contribution in [-0.4, -0.2) is 18.8 Å². The van der Waals surface area contributed by atoms with Gasteiger partial charge < -0.3 is 10.5 Å². The fourth-order valence-corrected chi connectivity index (χ4v) is 2.79. The summed E-state index contributed by atoms with van der Waals surface area (Å²) in [5, 5.41) is 0. The third-order valence-corrected chi connectivity index (χ3v) is 3.77. The molecule has 0 heterocycles. The lowest BCUT2D eigenvalue weighted by Crippen LogP contribution is -2.43. The molecule has 0 aliphatic heterocycles. The molecule has 82 valence electrons. The number of nitrogens with two attached hydrogens (primary N) is 1. The molecular weight excluding hydrogens is 174 g/mol. The van der Waals surface area contributed by atoms with Gasteiger partial charge in [-0.05, 0) is 44.4 Å². The van der Waals surface area contributed by atoms with E-state index >= 15 is 0 Å². The minimum absolute atomic E-state index is 0.310. The Morgan fingerprint density at radius 1 is 1.14 bits per heavy atom. The summed E-state index contributed by atoms with van der Waals surface area (Å²) >= 11 is 0. The van der Waals surface area contributed by atoms with E-state index in [-0.39, 0.29) is 0 Å². The van der Waals surface area contributed by atoms with Crippen molar-refractivity contribution < 1.29 is 4.74 Å². The maximum absolute atomic E-state index is 6.33. The van der Waals surface area contributed by atoms with E-state index in [1.807, 2.05) is 0 Å². The minimum Gasteiger partial charge on any atom is -0.377 e. The molecule has 0 aromatic heterocycles. The Labute approximate surface area is 87.2 Å². The van der Waals surface area contributed by atoms with Crippen LogP contribution in [0.5, 0.6) is 0 Å². The maximum Gasteiger partial charge on any atom is 0.0756 e. The SMILES string of the molecule is CCOC(C1CC1)C(N)C1CCCC1. The number of rotatable bonds is 5. The van der Waals surface area contributed by atoms with Gasteiger partial charge in [-0.25, -0.2) is 0 Å². The lowest BCUT2D eigenvalue weighted by molar-refractivity contribution is 0.0148. The number of hydrogen-bond acceptors (Lipinski definition) is 2. The van der Waals surface area contributed by atoms with Crippen molar-refractivity contribution in [2.75, 3.05) is 6.61 Å². The zero-order chi connectivity index (χ0) is 9.97. The van der Waals surface area contributed by atoms with E-state index in [0.717, 1.165) is 18.4 Å². The van der Waals surface area contributed by atoms with Gasteiger partial charge in [0.2, 0.25) is 0 Å².